The zero-order valence-electron chi connectivity index (χ0n) is 11.2. The molecule has 0 aliphatic carbocycles. The molecule has 0 saturated carbocycles. The molecule has 0 saturated heterocycles. The van der Waals surface area contributed by atoms with Gasteiger partial charge in [0.25, 0.3) is 0 Å². The predicted octanol–water partition coefficient (Wildman–Crippen LogP) is 4.30. The van der Waals surface area contributed by atoms with Crippen molar-refractivity contribution in [3.8, 4) is 11.5 Å². The second-order valence-corrected chi connectivity index (χ2v) is 5.97. The van der Waals surface area contributed by atoms with E-state index in [4.69, 9.17) is 16.3 Å². The number of methoxy groups -OCH3 is 1. The Bertz CT molecular complexity index is 592. The van der Waals surface area contributed by atoms with Crippen molar-refractivity contribution in [2.24, 2.45) is 0 Å². The second kappa shape index (κ2) is 7.59. The summed E-state index contributed by atoms with van der Waals surface area (Å²) in [7, 11) is 1.41. The number of benzene rings is 1. The SMILES string of the molecule is COc1ccc(CNCc2ccc(Cl)s2)cc1OC(F)F. The first kappa shape index (κ1) is 16.0. The highest BCUT2D eigenvalue weighted by molar-refractivity contribution is 7.16. The first-order valence-electron chi connectivity index (χ1n) is 6.15. The number of nitrogens with one attached hydrogen (secondary N) is 1. The minimum Gasteiger partial charge on any atom is -0.493 e. The van der Waals surface area contributed by atoms with Crippen LogP contribution in [0.4, 0.5) is 8.78 Å². The van der Waals surface area contributed by atoms with Crippen molar-refractivity contribution in [2.45, 2.75) is 19.7 Å². The summed E-state index contributed by atoms with van der Waals surface area (Å²) < 4.78 is 34.8. The Balaban J connectivity index is 1.96. The van der Waals surface area contributed by atoms with Crippen LogP contribution in [0.2, 0.25) is 4.34 Å². The highest BCUT2D eigenvalue weighted by atomic mass is 35.5. The number of thiophene rings is 1. The van der Waals surface area contributed by atoms with Crippen LogP contribution in [0.3, 0.4) is 0 Å². The zero-order valence-corrected chi connectivity index (χ0v) is 12.8. The van der Waals surface area contributed by atoms with Gasteiger partial charge in [-0.25, -0.2) is 0 Å². The van der Waals surface area contributed by atoms with E-state index in [9.17, 15) is 8.78 Å². The molecule has 2 aromatic rings. The van der Waals surface area contributed by atoms with Crippen LogP contribution in [0.1, 0.15) is 10.4 Å². The standard InChI is InChI=1S/C14H14ClF2NO2S/c1-19-11-4-2-9(6-12(11)20-14(16)17)7-18-8-10-3-5-13(15)21-10/h2-6,14,18H,7-8H2,1H3. The van der Waals surface area contributed by atoms with E-state index in [1.807, 2.05) is 12.1 Å². The van der Waals surface area contributed by atoms with Gasteiger partial charge in [0.1, 0.15) is 0 Å². The molecular weight excluding hydrogens is 320 g/mol. The fourth-order valence-corrected chi connectivity index (χ4v) is 2.85. The summed E-state index contributed by atoms with van der Waals surface area (Å²) in [6, 6.07) is 8.73. The Morgan fingerprint density at radius 2 is 2.00 bits per heavy atom. The van der Waals surface area contributed by atoms with Gasteiger partial charge in [-0.3, -0.25) is 0 Å². The van der Waals surface area contributed by atoms with Gasteiger partial charge in [-0.2, -0.15) is 8.78 Å². The number of alkyl halides is 2. The van der Waals surface area contributed by atoms with Crippen LogP contribution >= 0.6 is 22.9 Å². The van der Waals surface area contributed by atoms with Crippen molar-refractivity contribution >= 4 is 22.9 Å². The van der Waals surface area contributed by atoms with Gasteiger partial charge in [0.15, 0.2) is 11.5 Å². The molecule has 21 heavy (non-hydrogen) atoms. The summed E-state index contributed by atoms with van der Waals surface area (Å²) in [6.07, 6.45) is 0. The smallest absolute Gasteiger partial charge is 0.387 e. The number of hydrogen-bond donors (Lipinski definition) is 1. The molecule has 0 spiro atoms. The molecule has 0 aliphatic heterocycles. The minimum absolute atomic E-state index is 0.0333. The maximum absolute atomic E-state index is 12.3. The Labute approximate surface area is 130 Å². The van der Waals surface area contributed by atoms with Gasteiger partial charge >= 0.3 is 6.61 Å². The fraction of sp³-hybridized carbons (Fsp3) is 0.286. The van der Waals surface area contributed by atoms with Crippen molar-refractivity contribution in [1.29, 1.82) is 0 Å². The monoisotopic (exact) mass is 333 g/mol. The van der Waals surface area contributed by atoms with E-state index < -0.39 is 6.61 Å². The first-order valence-corrected chi connectivity index (χ1v) is 7.34. The Hall–Kier alpha value is -1.37. The molecule has 0 aliphatic rings. The molecule has 114 valence electrons. The normalized spacial score (nSPS) is 10.9. The van der Waals surface area contributed by atoms with E-state index in [2.05, 4.69) is 10.1 Å². The summed E-state index contributed by atoms with van der Waals surface area (Å²) >= 11 is 7.35. The maximum Gasteiger partial charge on any atom is 0.387 e. The van der Waals surface area contributed by atoms with Gasteiger partial charge in [0, 0.05) is 18.0 Å². The third-order valence-electron chi connectivity index (χ3n) is 2.70. The van der Waals surface area contributed by atoms with E-state index in [-0.39, 0.29) is 11.5 Å². The largest absolute Gasteiger partial charge is 0.493 e. The topological polar surface area (TPSA) is 30.5 Å². The molecule has 1 aromatic heterocycles. The third kappa shape index (κ3) is 4.84. The molecule has 0 fully saturated rings. The third-order valence-corrected chi connectivity index (χ3v) is 3.93. The minimum atomic E-state index is -2.88. The summed E-state index contributed by atoms with van der Waals surface area (Å²) in [5, 5.41) is 3.22. The van der Waals surface area contributed by atoms with Crippen LogP contribution in [0.25, 0.3) is 0 Å². The quantitative estimate of drug-likeness (QED) is 0.819. The molecule has 2 rings (SSSR count). The molecule has 0 unspecified atom stereocenters. The second-order valence-electron chi connectivity index (χ2n) is 4.17. The van der Waals surface area contributed by atoms with E-state index in [1.54, 1.807) is 18.2 Å². The van der Waals surface area contributed by atoms with Gasteiger partial charge in [0.05, 0.1) is 11.4 Å². The van der Waals surface area contributed by atoms with Gasteiger partial charge < -0.3 is 14.8 Å². The molecule has 3 nitrogen and oxygen atoms in total. The van der Waals surface area contributed by atoms with Crippen LogP contribution in [-0.4, -0.2) is 13.7 Å². The van der Waals surface area contributed by atoms with Crippen LogP contribution in [-0.2, 0) is 13.1 Å². The van der Waals surface area contributed by atoms with Gasteiger partial charge in [-0.1, -0.05) is 17.7 Å². The van der Waals surface area contributed by atoms with E-state index in [0.29, 0.717) is 13.1 Å². The Morgan fingerprint density at radius 3 is 2.62 bits per heavy atom. The highest BCUT2D eigenvalue weighted by Gasteiger charge is 2.11. The van der Waals surface area contributed by atoms with Crippen LogP contribution in [0, 0.1) is 0 Å². The number of rotatable bonds is 7. The van der Waals surface area contributed by atoms with E-state index >= 15 is 0 Å². The molecule has 0 amide bonds. The highest BCUT2D eigenvalue weighted by Crippen LogP contribution is 2.29. The molecule has 7 heteroatoms. The van der Waals surface area contributed by atoms with Crippen molar-refractivity contribution in [3.63, 3.8) is 0 Å². The first-order chi connectivity index (χ1) is 10.1. The Kier molecular flexibility index (Phi) is 5.78. The summed E-state index contributed by atoms with van der Waals surface area (Å²) in [6.45, 7) is -1.69. The lowest BCUT2D eigenvalue weighted by atomic mass is 10.2. The molecule has 1 aromatic carbocycles. The summed E-state index contributed by atoms with van der Waals surface area (Å²) in [5.74, 6) is 0.315. The maximum atomic E-state index is 12.3. The van der Waals surface area contributed by atoms with Crippen molar-refractivity contribution in [1.82, 2.24) is 5.32 Å². The average molecular weight is 334 g/mol. The van der Waals surface area contributed by atoms with Crippen molar-refractivity contribution in [3.05, 3.63) is 45.1 Å². The molecule has 0 radical (unpaired) electrons. The lowest BCUT2D eigenvalue weighted by molar-refractivity contribution is -0.0512. The van der Waals surface area contributed by atoms with Crippen LogP contribution in [0.5, 0.6) is 11.5 Å². The average Bonchev–Trinajstić information content (AvgIpc) is 2.84. The predicted molar refractivity (Wildman–Crippen MR) is 79.5 cm³/mol. The molecular formula is C14H14ClF2NO2S. The number of halogens is 3. The van der Waals surface area contributed by atoms with Crippen LogP contribution < -0.4 is 14.8 Å². The van der Waals surface area contributed by atoms with Gasteiger partial charge in [-0.15, -0.1) is 11.3 Å². The van der Waals surface area contributed by atoms with E-state index in [0.717, 1.165) is 14.8 Å². The lowest BCUT2D eigenvalue weighted by Gasteiger charge is -2.11. The number of ether oxygens (including phenoxy) is 2. The van der Waals surface area contributed by atoms with Gasteiger partial charge in [-0.05, 0) is 29.8 Å². The molecule has 0 atom stereocenters. The van der Waals surface area contributed by atoms with Crippen LogP contribution in [0.15, 0.2) is 30.3 Å². The summed E-state index contributed by atoms with van der Waals surface area (Å²) in [4.78, 5) is 1.11. The van der Waals surface area contributed by atoms with E-state index in [1.165, 1.54) is 18.4 Å². The van der Waals surface area contributed by atoms with Crippen molar-refractivity contribution in [2.75, 3.05) is 7.11 Å². The number of hydrogen-bond acceptors (Lipinski definition) is 4. The lowest BCUT2D eigenvalue weighted by Crippen LogP contribution is -2.12. The molecule has 1 heterocycles. The zero-order chi connectivity index (χ0) is 15.2. The Morgan fingerprint density at radius 1 is 1.19 bits per heavy atom. The molecule has 1 N–H and O–H groups in total. The summed E-state index contributed by atoms with van der Waals surface area (Å²) in [5.41, 5.74) is 0.828. The van der Waals surface area contributed by atoms with Crippen molar-refractivity contribution < 1.29 is 18.3 Å². The fourth-order valence-electron chi connectivity index (χ4n) is 1.80. The van der Waals surface area contributed by atoms with Gasteiger partial charge in [0.2, 0.25) is 0 Å². The molecule has 0 bridgehead atoms.